The van der Waals surface area contributed by atoms with E-state index in [2.05, 4.69) is 5.32 Å². The molecule has 0 aromatic heterocycles. The summed E-state index contributed by atoms with van der Waals surface area (Å²) in [5.41, 5.74) is 0.0461. The summed E-state index contributed by atoms with van der Waals surface area (Å²) in [4.78, 5) is 13.0. The van der Waals surface area contributed by atoms with Gasteiger partial charge in [-0.1, -0.05) is 32.1 Å². The van der Waals surface area contributed by atoms with Gasteiger partial charge in [0, 0.05) is 11.5 Å². The Morgan fingerprint density at radius 2 is 1.40 bits per heavy atom. The maximum Gasteiger partial charge on any atom is 0.226 e. The number of nitrogens with one attached hydrogen (secondary N) is 1. The lowest BCUT2D eigenvalue weighted by molar-refractivity contribution is -0.139. The zero-order valence-corrected chi connectivity index (χ0v) is 12.7. The van der Waals surface area contributed by atoms with Gasteiger partial charge in [-0.3, -0.25) is 4.79 Å². The zero-order chi connectivity index (χ0) is 13.6. The number of carbonyl (C=O) groups is 1. The molecular weight excluding hydrogens is 246 g/mol. The lowest BCUT2D eigenvalue weighted by Gasteiger charge is -2.47. The molecule has 112 valence electrons. The highest BCUT2D eigenvalue weighted by molar-refractivity contribution is 5.83. The van der Waals surface area contributed by atoms with Gasteiger partial charge in [-0.05, 0) is 62.7 Å². The van der Waals surface area contributed by atoms with Crippen molar-refractivity contribution < 1.29 is 4.79 Å². The van der Waals surface area contributed by atoms with Gasteiger partial charge in [0.1, 0.15) is 0 Å². The first-order chi connectivity index (χ1) is 9.73. The Kier molecular flexibility index (Phi) is 3.31. The van der Waals surface area contributed by atoms with Crippen LogP contribution in [0, 0.1) is 23.2 Å². The molecule has 2 nitrogen and oxygen atoms in total. The highest BCUT2D eigenvalue weighted by Gasteiger charge is 2.52. The SMILES string of the molecule is O=C(NC1CCCCC1)C12CC3C[C@@H](CC[C@@H](C3)C1)C2. The minimum Gasteiger partial charge on any atom is -0.353 e. The Balaban J connectivity index is 1.49. The van der Waals surface area contributed by atoms with Crippen LogP contribution < -0.4 is 5.32 Å². The van der Waals surface area contributed by atoms with Crippen LogP contribution in [0.3, 0.4) is 0 Å². The fourth-order valence-corrected chi connectivity index (χ4v) is 6.05. The molecule has 2 heteroatoms. The topological polar surface area (TPSA) is 29.1 Å². The van der Waals surface area contributed by atoms with E-state index in [1.807, 2.05) is 0 Å². The van der Waals surface area contributed by atoms with Crippen molar-refractivity contribution in [1.82, 2.24) is 5.32 Å². The van der Waals surface area contributed by atoms with Crippen molar-refractivity contribution in [3.8, 4) is 0 Å². The first kappa shape index (κ1) is 13.2. The third kappa shape index (κ3) is 2.29. The molecular formula is C18H29NO. The second-order valence-corrected chi connectivity index (χ2v) is 8.35. The lowest BCUT2D eigenvalue weighted by Crippen LogP contribution is -2.51. The fourth-order valence-electron chi connectivity index (χ4n) is 6.05. The van der Waals surface area contributed by atoms with Crippen molar-refractivity contribution in [3.05, 3.63) is 0 Å². The van der Waals surface area contributed by atoms with Gasteiger partial charge in [0.25, 0.3) is 0 Å². The number of amides is 1. The van der Waals surface area contributed by atoms with Crippen molar-refractivity contribution in [1.29, 1.82) is 0 Å². The van der Waals surface area contributed by atoms with Crippen molar-refractivity contribution >= 4 is 5.91 Å². The second kappa shape index (κ2) is 5.03. The molecule has 0 aromatic carbocycles. The van der Waals surface area contributed by atoms with Crippen LogP contribution in [0.15, 0.2) is 0 Å². The minimum absolute atomic E-state index is 0.0461. The van der Waals surface area contributed by atoms with Gasteiger partial charge in [-0.15, -0.1) is 0 Å². The van der Waals surface area contributed by atoms with Crippen LogP contribution in [-0.2, 0) is 4.79 Å². The van der Waals surface area contributed by atoms with Crippen LogP contribution >= 0.6 is 0 Å². The third-order valence-electron chi connectivity index (χ3n) is 6.78. The molecule has 1 amide bonds. The van der Waals surface area contributed by atoms with Crippen LogP contribution in [0.4, 0.5) is 0 Å². The smallest absolute Gasteiger partial charge is 0.226 e. The van der Waals surface area contributed by atoms with E-state index in [4.69, 9.17) is 0 Å². The van der Waals surface area contributed by atoms with E-state index < -0.39 is 0 Å². The van der Waals surface area contributed by atoms with Crippen molar-refractivity contribution in [2.45, 2.75) is 83.1 Å². The van der Waals surface area contributed by atoms with Crippen molar-refractivity contribution in [2.75, 3.05) is 0 Å². The Hall–Kier alpha value is -0.530. The molecule has 0 radical (unpaired) electrons. The molecule has 5 aliphatic rings. The predicted octanol–water partition coefficient (Wildman–Crippen LogP) is 4.04. The summed E-state index contributed by atoms with van der Waals surface area (Å²) >= 11 is 0. The van der Waals surface area contributed by atoms with E-state index in [0.29, 0.717) is 11.9 Å². The van der Waals surface area contributed by atoms with E-state index in [1.165, 1.54) is 77.0 Å². The quantitative estimate of drug-likeness (QED) is 0.809. The van der Waals surface area contributed by atoms with Crippen LogP contribution in [0.2, 0.25) is 0 Å². The molecule has 5 saturated carbocycles. The average molecular weight is 275 g/mol. The lowest BCUT2D eigenvalue weighted by atomic mass is 9.58. The monoisotopic (exact) mass is 275 g/mol. The third-order valence-corrected chi connectivity index (χ3v) is 6.78. The van der Waals surface area contributed by atoms with Crippen molar-refractivity contribution in [2.24, 2.45) is 23.2 Å². The van der Waals surface area contributed by atoms with E-state index in [-0.39, 0.29) is 5.41 Å². The molecule has 0 aliphatic heterocycles. The largest absolute Gasteiger partial charge is 0.353 e. The standard InChI is InChI=1S/C18H29NO/c20-17(19-16-4-2-1-3-5-16)18-10-13-6-7-14(11-18)9-15(8-13)12-18/h13-16H,1-12H2,(H,19,20)/t13-,14+,15?,18?. The van der Waals surface area contributed by atoms with E-state index in [9.17, 15) is 4.79 Å². The fraction of sp³-hybridized carbons (Fsp3) is 0.944. The molecule has 20 heavy (non-hydrogen) atoms. The van der Waals surface area contributed by atoms with Gasteiger partial charge in [-0.2, -0.15) is 0 Å². The summed E-state index contributed by atoms with van der Waals surface area (Å²) in [7, 11) is 0. The molecule has 2 unspecified atom stereocenters. The summed E-state index contributed by atoms with van der Waals surface area (Å²) in [5, 5.41) is 3.46. The summed E-state index contributed by atoms with van der Waals surface area (Å²) in [6, 6.07) is 0.491. The molecule has 0 spiro atoms. The number of hydrogen-bond acceptors (Lipinski definition) is 1. The Bertz CT molecular complexity index is 369. The van der Waals surface area contributed by atoms with E-state index >= 15 is 0 Å². The highest BCUT2D eigenvalue weighted by atomic mass is 16.2. The first-order valence-corrected chi connectivity index (χ1v) is 9.04. The summed E-state index contributed by atoms with van der Waals surface area (Å²) < 4.78 is 0. The summed E-state index contributed by atoms with van der Waals surface area (Å²) in [6.45, 7) is 0. The summed E-state index contributed by atoms with van der Waals surface area (Å²) in [6.07, 6.45) is 15.7. The Labute approximate surface area is 123 Å². The summed E-state index contributed by atoms with van der Waals surface area (Å²) in [5.74, 6) is 3.04. The van der Waals surface area contributed by atoms with Gasteiger partial charge in [0.15, 0.2) is 0 Å². The average Bonchev–Trinajstić information content (AvgIpc) is 2.66. The Morgan fingerprint density at radius 1 is 0.800 bits per heavy atom. The van der Waals surface area contributed by atoms with Gasteiger partial charge >= 0.3 is 0 Å². The zero-order valence-electron chi connectivity index (χ0n) is 12.7. The van der Waals surface area contributed by atoms with Gasteiger partial charge < -0.3 is 5.32 Å². The van der Waals surface area contributed by atoms with E-state index in [0.717, 1.165) is 17.8 Å². The molecule has 0 saturated heterocycles. The molecule has 4 bridgehead atoms. The molecule has 5 aliphatic carbocycles. The second-order valence-electron chi connectivity index (χ2n) is 8.35. The van der Waals surface area contributed by atoms with Crippen LogP contribution in [0.25, 0.3) is 0 Å². The normalized spacial score (nSPS) is 44.3. The number of fused-ring (bicyclic) bond motifs is 1. The van der Waals surface area contributed by atoms with Crippen molar-refractivity contribution in [3.63, 3.8) is 0 Å². The van der Waals surface area contributed by atoms with Crippen LogP contribution in [0.5, 0.6) is 0 Å². The molecule has 5 fully saturated rings. The Morgan fingerprint density at radius 3 is 2.05 bits per heavy atom. The van der Waals surface area contributed by atoms with Crippen LogP contribution in [0.1, 0.15) is 77.0 Å². The van der Waals surface area contributed by atoms with Gasteiger partial charge in [0.2, 0.25) is 5.91 Å². The minimum atomic E-state index is 0.0461. The van der Waals surface area contributed by atoms with E-state index in [1.54, 1.807) is 0 Å². The molecule has 5 rings (SSSR count). The number of carbonyl (C=O) groups excluding carboxylic acids is 1. The van der Waals surface area contributed by atoms with Gasteiger partial charge in [0.05, 0.1) is 0 Å². The first-order valence-electron chi connectivity index (χ1n) is 9.04. The molecule has 1 N–H and O–H groups in total. The molecule has 4 atom stereocenters. The number of hydrogen-bond donors (Lipinski definition) is 1. The molecule has 0 heterocycles. The maximum absolute atomic E-state index is 13.0. The maximum atomic E-state index is 13.0. The molecule has 0 aromatic rings. The van der Waals surface area contributed by atoms with Gasteiger partial charge in [-0.25, -0.2) is 0 Å². The predicted molar refractivity (Wildman–Crippen MR) is 80.2 cm³/mol. The highest BCUT2D eigenvalue weighted by Crippen LogP contribution is 2.57. The van der Waals surface area contributed by atoms with Crippen LogP contribution in [-0.4, -0.2) is 11.9 Å². The number of rotatable bonds is 2.